The standard InChI is InChI=1S/C20H19N3O2/c1-2-14-8-10-17(11-9-14)23-13-16(12-18(23)24)19-21-20(25-22-19)15-6-4-3-5-7-15/h3-11,16H,2,12-13H2,1H3. The SMILES string of the molecule is CCc1ccc(N2CC(c3noc(-c4ccccc4)n3)CC2=O)cc1. The Morgan fingerprint density at radius 1 is 1.12 bits per heavy atom. The van der Waals surface area contributed by atoms with Gasteiger partial charge in [0.25, 0.3) is 5.89 Å². The first-order valence-corrected chi connectivity index (χ1v) is 8.53. The molecule has 5 heteroatoms. The van der Waals surface area contributed by atoms with Crippen molar-refractivity contribution in [3.8, 4) is 11.5 Å². The van der Waals surface area contributed by atoms with Gasteiger partial charge in [0, 0.05) is 30.1 Å². The monoisotopic (exact) mass is 333 g/mol. The summed E-state index contributed by atoms with van der Waals surface area (Å²) in [4.78, 5) is 18.7. The summed E-state index contributed by atoms with van der Waals surface area (Å²) in [6, 6.07) is 17.8. The van der Waals surface area contributed by atoms with Crippen LogP contribution in [0.3, 0.4) is 0 Å². The zero-order valence-electron chi connectivity index (χ0n) is 14.1. The number of rotatable bonds is 4. The molecule has 1 aliphatic rings. The second-order valence-electron chi connectivity index (χ2n) is 6.25. The highest BCUT2D eigenvalue weighted by atomic mass is 16.5. The van der Waals surface area contributed by atoms with Gasteiger partial charge in [-0.05, 0) is 36.2 Å². The van der Waals surface area contributed by atoms with E-state index in [1.54, 1.807) is 0 Å². The van der Waals surface area contributed by atoms with Crippen molar-refractivity contribution < 1.29 is 9.32 Å². The molecular formula is C20H19N3O2. The molecule has 126 valence electrons. The number of benzene rings is 2. The van der Waals surface area contributed by atoms with Crippen LogP contribution in [0.15, 0.2) is 59.1 Å². The summed E-state index contributed by atoms with van der Waals surface area (Å²) >= 11 is 0. The van der Waals surface area contributed by atoms with Crippen LogP contribution in [-0.2, 0) is 11.2 Å². The minimum Gasteiger partial charge on any atom is -0.334 e. The summed E-state index contributed by atoms with van der Waals surface area (Å²) in [5, 5.41) is 4.10. The van der Waals surface area contributed by atoms with E-state index in [1.807, 2.05) is 47.4 Å². The second kappa shape index (κ2) is 6.51. The first-order chi connectivity index (χ1) is 12.2. The van der Waals surface area contributed by atoms with Crippen LogP contribution in [0.2, 0.25) is 0 Å². The van der Waals surface area contributed by atoms with Crippen molar-refractivity contribution in [2.75, 3.05) is 11.4 Å². The highest BCUT2D eigenvalue weighted by molar-refractivity contribution is 5.96. The maximum atomic E-state index is 12.4. The lowest BCUT2D eigenvalue weighted by Crippen LogP contribution is -2.24. The van der Waals surface area contributed by atoms with Gasteiger partial charge in [-0.3, -0.25) is 4.79 Å². The third kappa shape index (κ3) is 3.05. The van der Waals surface area contributed by atoms with Gasteiger partial charge < -0.3 is 9.42 Å². The van der Waals surface area contributed by atoms with Crippen molar-refractivity contribution in [1.82, 2.24) is 10.1 Å². The van der Waals surface area contributed by atoms with Gasteiger partial charge in [-0.25, -0.2) is 0 Å². The third-order valence-corrected chi connectivity index (χ3v) is 4.61. The van der Waals surface area contributed by atoms with Crippen LogP contribution in [-0.4, -0.2) is 22.6 Å². The number of anilines is 1. The maximum absolute atomic E-state index is 12.4. The van der Waals surface area contributed by atoms with Crippen LogP contribution in [0.1, 0.15) is 30.7 Å². The fourth-order valence-electron chi connectivity index (χ4n) is 3.14. The third-order valence-electron chi connectivity index (χ3n) is 4.61. The summed E-state index contributed by atoms with van der Waals surface area (Å²) in [5.74, 6) is 1.15. The molecule has 1 fully saturated rings. The van der Waals surface area contributed by atoms with E-state index < -0.39 is 0 Å². The van der Waals surface area contributed by atoms with Gasteiger partial charge in [0.15, 0.2) is 5.82 Å². The molecule has 2 heterocycles. The Bertz CT molecular complexity index is 871. The number of hydrogen-bond donors (Lipinski definition) is 0. The van der Waals surface area contributed by atoms with Gasteiger partial charge in [-0.1, -0.05) is 42.4 Å². The van der Waals surface area contributed by atoms with Crippen molar-refractivity contribution in [2.24, 2.45) is 0 Å². The summed E-state index contributed by atoms with van der Waals surface area (Å²) < 4.78 is 5.38. The van der Waals surface area contributed by atoms with Gasteiger partial charge in [-0.15, -0.1) is 0 Å². The lowest BCUT2D eigenvalue weighted by atomic mass is 10.1. The van der Waals surface area contributed by atoms with E-state index >= 15 is 0 Å². The maximum Gasteiger partial charge on any atom is 0.257 e. The van der Waals surface area contributed by atoms with E-state index in [1.165, 1.54) is 5.56 Å². The first-order valence-electron chi connectivity index (χ1n) is 8.53. The van der Waals surface area contributed by atoms with Gasteiger partial charge in [-0.2, -0.15) is 4.98 Å². The van der Waals surface area contributed by atoms with E-state index in [0.717, 1.165) is 17.7 Å². The van der Waals surface area contributed by atoms with Crippen molar-refractivity contribution in [2.45, 2.75) is 25.7 Å². The lowest BCUT2D eigenvalue weighted by Gasteiger charge is -2.16. The van der Waals surface area contributed by atoms with Crippen LogP contribution in [0.5, 0.6) is 0 Å². The smallest absolute Gasteiger partial charge is 0.257 e. The quantitative estimate of drug-likeness (QED) is 0.728. The van der Waals surface area contributed by atoms with E-state index in [-0.39, 0.29) is 11.8 Å². The molecule has 0 aliphatic carbocycles. The van der Waals surface area contributed by atoms with Crippen molar-refractivity contribution >= 4 is 11.6 Å². The van der Waals surface area contributed by atoms with E-state index in [0.29, 0.717) is 24.7 Å². The molecule has 1 atom stereocenters. The van der Waals surface area contributed by atoms with Gasteiger partial charge in [0.2, 0.25) is 5.91 Å². The molecule has 0 N–H and O–H groups in total. The zero-order chi connectivity index (χ0) is 17.2. The molecule has 0 saturated carbocycles. The summed E-state index contributed by atoms with van der Waals surface area (Å²) in [7, 11) is 0. The van der Waals surface area contributed by atoms with Crippen LogP contribution in [0.4, 0.5) is 5.69 Å². The fraction of sp³-hybridized carbons (Fsp3) is 0.250. The highest BCUT2D eigenvalue weighted by Crippen LogP contribution is 2.31. The lowest BCUT2D eigenvalue weighted by molar-refractivity contribution is -0.117. The average Bonchev–Trinajstić information content (AvgIpc) is 3.29. The number of carbonyl (C=O) groups excluding carboxylic acids is 1. The van der Waals surface area contributed by atoms with Crippen LogP contribution in [0, 0.1) is 0 Å². The Kier molecular flexibility index (Phi) is 4.06. The molecule has 1 amide bonds. The predicted octanol–water partition coefficient (Wildman–Crippen LogP) is 3.82. The number of hydrogen-bond acceptors (Lipinski definition) is 4. The van der Waals surface area contributed by atoms with E-state index in [4.69, 9.17) is 4.52 Å². The Balaban J connectivity index is 1.53. The topological polar surface area (TPSA) is 59.2 Å². The predicted molar refractivity (Wildman–Crippen MR) is 95.3 cm³/mol. The fourth-order valence-corrected chi connectivity index (χ4v) is 3.14. The van der Waals surface area contributed by atoms with E-state index in [9.17, 15) is 4.79 Å². The van der Waals surface area contributed by atoms with E-state index in [2.05, 4.69) is 29.2 Å². The molecular weight excluding hydrogens is 314 g/mol. The Hall–Kier alpha value is -2.95. The number of aryl methyl sites for hydroxylation is 1. The summed E-state index contributed by atoms with van der Waals surface area (Å²) in [5.41, 5.74) is 3.08. The first kappa shape index (κ1) is 15.6. The van der Waals surface area contributed by atoms with Crippen LogP contribution < -0.4 is 4.90 Å². The molecule has 5 nitrogen and oxygen atoms in total. The van der Waals surface area contributed by atoms with Crippen LogP contribution in [0.25, 0.3) is 11.5 Å². The second-order valence-corrected chi connectivity index (χ2v) is 6.25. The minimum atomic E-state index is -0.0421. The number of amides is 1. The molecule has 0 radical (unpaired) electrons. The minimum absolute atomic E-state index is 0.0421. The molecule has 3 aromatic rings. The Labute approximate surface area is 146 Å². The van der Waals surface area contributed by atoms with Crippen molar-refractivity contribution in [3.63, 3.8) is 0 Å². The van der Waals surface area contributed by atoms with Gasteiger partial charge >= 0.3 is 0 Å². The molecule has 1 unspecified atom stereocenters. The largest absolute Gasteiger partial charge is 0.334 e. The highest BCUT2D eigenvalue weighted by Gasteiger charge is 2.34. The van der Waals surface area contributed by atoms with Crippen molar-refractivity contribution in [1.29, 1.82) is 0 Å². The summed E-state index contributed by atoms with van der Waals surface area (Å²) in [6.45, 7) is 2.70. The number of aromatic nitrogens is 2. The number of nitrogens with zero attached hydrogens (tertiary/aromatic N) is 3. The molecule has 25 heavy (non-hydrogen) atoms. The molecule has 1 saturated heterocycles. The molecule has 0 spiro atoms. The Morgan fingerprint density at radius 3 is 2.60 bits per heavy atom. The van der Waals surface area contributed by atoms with Gasteiger partial charge in [0.05, 0.1) is 0 Å². The average molecular weight is 333 g/mol. The van der Waals surface area contributed by atoms with Crippen molar-refractivity contribution in [3.05, 3.63) is 66.0 Å². The molecule has 0 bridgehead atoms. The molecule has 1 aromatic heterocycles. The van der Waals surface area contributed by atoms with Gasteiger partial charge in [0.1, 0.15) is 0 Å². The normalized spacial score (nSPS) is 17.2. The van der Waals surface area contributed by atoms with Crippen LogP contribution >= 0.6 is 0 Å². The molecule has 4 rings (SSSR count). The number of carbonyl (C=O) groups is 1. The molecule has 2 aromatic carbocycles. The molecule has 1 aliphatic heterocycles. The summed E-state index contributed by atoms with van der Waals surface area (Å²) in [6.07, 6.45) is 1.39. The Morgan fingerprint density at radius 2 is 1.88 bits per heavy atom. The zero-order valence-corrected chi connectivity index (χ0v) is 14.1.